The number of aromatic nitrogens is 1. The maximum Gasteiger partial charge on any atom is 0.311 e. The van der Waals surface area contributed by atoms with Gasteiger partial charge >= 0.3 is 11.7 Å². The summed E-state index contributed by atoms with van der Waals surface area (Å²) in [5, 5.41) is 19.2. The summed E-state index contributed by atoms with van der Waals surface area (Å²) in [5.41, 5.74) is 5.26. The number of carbonyl (C=O) groups is 1. The van der Waals surface area contributed by atoms with E-state index in [-0.39, 0.29) is 23.8 Å². The average Bonchev–Trinajstić information content (AvgIpc) is 2.21. The van der Waals surface area contributed by atoms with Gasteiger partial charge in [0.1, 0.15) is 5.82 Å². The van der Waals surface area contributed by atoms with Gasteiger partial charge in [-0.15, -0.1) is 0 Å². The van der Waals surface area contributed by atoms with Crippen molar-refractivity contribution in [2.24, 2.45) is 5.92 Å². The topological polar surface area (TPSA) is 123 Å². The molecule has 0 aliphatic carbocycles. The molecule has 0 bridgehead atoms. The number of pyridine rings is 1. The van der Waals surface area contributed by atoms with E-state index in [1.54, 1.807) is 0 Å². The minimum atomic E-state index is -0.823. The van der Waals surface area contributed by atoms with Crippen LogP contribution in [-0.4, -0.2) is 34.1 Å². The van der Waals surface area contributed by atoms with Gasteiger partial charge in [-0.3, -0.25) is 14.9 Å². The molecule has 1 saturated heterocycles. The quantitative estimate of drug-likeness (QED) is 0.590. The van der Waals surface area contributed by atoms with E-state index >= 15 is 0 Å². The molecule has 0 saturated carbocycles. The molecule has 2 rings (SSSR count). The second-order valence-electron chi connectivity index (χ2n) is 4.20. The number of carboxylic acids is 1. The normalized spacial score (nSPS) is 15.2. The lowest BCUT2D eigenvalue weighted by Crippen LogP contribution is -2.48. The number of carboxylic acid groups (broad SMARTS) is 1. The van der Waals surface area contributed by atoms with Crippen LogP contribution in [0.3, 0.4) is 0 Å². The number of nitrogen functional groups attached to an aromatic ring is 1. The molecular formula is C10H12N4O4. The number of hydrogen-bond donors (Lipinski definition) is 2. The highest BCUT2D eigenvalue weighted by Crippen LogP contribution is 2.28. The van der Waals surface area contributed by atoms with Crippen molar-refractivity contribution in [2.75, 3.05) is 23.7 Å². The molecule has 0 aromatic carbocycles. The first-order valence-corrected chi connectivity index (χ1v) is 5.35. The largest absolute Gasteiger partial charge is 0.481 e. The number of anilines is 2. The molecule has 8 nitrogen and oxygen atoms in total. The highest BCUT2D eigenvalue weighted by Gasteiger charge is 2.30. The lowest BCUT2D eigenvalue weighted by molar-refractivity contribution is -0.384. The van der Waals surface area contributed by atoms with Gasteiger partial charge in [-0.05, 0) is 6.07 Å². The Kier molecular flexibility index (Phi) is 3.00. The van der Waals surface area contributed by atoms with Crippen molar-refractivity contribution < 1.29 is 14.8 Å². The van der Waals surface area contributed by atoms with E-state index in [2.05, 4.69) is 4.98 Å². The summed E-state index contributed by atoms with van der Waals surface area (Å²) in [7, 11) is 0. The van der Waals surface area contributed by atoms with Crippen molar-refractivity contribution in [1.29, 1.82) is 0 Å². The van der Waals surface area contributed by atoms with Crippen LogP contribution in [0.4, 0.5) is 17.3 Å². The molecule has 18 heavy (non-hydrogen) atoms. The highest BCUT2D eigenvalue weighted by atomic mass is 16.6. The Labute approximate surface area is 102 Å². The summed E-state index contributed by atoms with van der Waals surface area (Å²) in [5.74, 6) is -0.310. The van der Waals surface area contributed by atoms with E-state index in [9.17, 15) is 14.9 Å². The molecular weight excluding hydrogens is 240 g/mol. The van der Waals surface area contributed by atoms with Gasteiger partial charge in [-0.2, -0.15) is 0 Å². The molecule has 96 valence electrons. The number of aliphatic carboxylic acids is 1. The maximum absolute atomic E-state index is 10.6. The molecule has 0 amide bonds. The number of nitro groups is 1. The standard InChI is InChI=1S/C10H12N4O4/c11-10-7(14(17)18)1-2-8(12-10)13-4-6(5-13)3-9(15)16/h1-2,6H,3-5H2,(H2,11,12)(H,15,16). The van der Waals surface area contributed by atoms with Gasteiger partial charge in [0.25, 0.3) is 0 Å². The second-order valence-corrected chi connectivity index (χ2v) is 4.20. The van der Waals surface area contributed by atoms with Gasteiger partial charge in [0, 0.05) is 25.1 Å². The molecule has 1 aliphatic rings. The van der Waals surface area contributed by atoms with Crippen molar-refractivity contribution in [1.82, 2.24) is 4.98 Å². The Bertz CT molecular complexity index is 499. The van der Waals surface area contributed by atoms with Gasteiger partial charge in [0.15, 0.2) is 0 Å². The predicted octanol–water partition coefficient (Wildman–Crippen LogP) is 0.483. The van der Waals surface area contributed by atoms with Crippen LogP contribution in [0.25, 0.3) is 0 Å². The fourth-order valence-electron chi connectivity index (χ4n) is 1.92. The summed E-state index contributed by atoms with van der Waals surface area (Å²) in [4.78, 5) is 26.3. The van der Waals surface area contributed by atoms with Crippen molar-refractivity contribution in [3.05, 3.63) is 22.2 Å². The third-order valence-electron chi connectivity index (χ3n) is 2.83. The lowest BCUT2D eigenvalue weighted by atomic mass is 9.96. The lowest BCUT2D eigenvalue weighted by Gasteiger charge is -2.39. The molecule has 0 unspecified atom stereocenters. The molecule has 1 aromatic rings. The molecule has 2 heterocycles. The Morgan fingerprint density at radius 2 is 2.28 bits per heavy atom. The predicted molar refractivity (Wildman–Crippen MR) is 63.3 cm³/mol. The monoisotopic (exact) mass is 252 g/mol. The summed E-state index contributed by atoms with van der Waals surface area (Å²) in [6.45, 7) is 1.16. The fourth-order valence-corrected chi connectivity index (χ4v) is 1.92. The van der Waals surface area contributed by atoms with Crippen LogP contribution < -0.4 is 10.6 Å². The zero-order chi connectivity index (χ0) is 13.3. The van der Waals surface area contributed by atoms with Crippen LogP contribution in [0.5, 0.6) is 0 Å². The van der Waals surface area contributed by atoms with Gasteiger partial charge in [0.2, 0.25) is 5.82 Å². The zero-order valence-corrected chi connectivity index (χ0v) is 9.44. The van der Waals surface area contributed by atoms with Gasteiger partial charge in [-0.25, -0.2) is 4.98 Å². The molecule has 1 aliphatic heterocycles. The van der Waals surface area contributed by atoms with Gasteiger partial charge < -0.3 is 15.7 Å². The van der Waals surface area contributed by atoms with E-state index in [0.717, 1.165) is 0 Å². The van der Waals surface area contributed by atoms with E-state index in [0.29, 0.717) is 18.9 Å². The van der Waals surface area contributed by atoms with Crippen LogP contribution in [-0.2, 0) is 4.79 Å². The molecule has 3 N–H and O–H groups in total. The molecule has 0 spiro atoms. The number of nitrogens with two attached hydrogens (primary N) is 1. The van der Waals surface area contributed by atoms with Crippen LogP contribution in [0.15, 0.2) is 12.1 Å². The van der Waals surface area contributed by atoms with Crippen molar-refractivity contribution in [2.45, 2.75) is 6.42 Å². The average molecular weight is 252 g/mol. The van der Waals surface area contributed by atoms with Crippen LogP contribution in [0.2, 0.25) is 0 Å². The van der Waals surface area contributed by atoms with E-state index in [1.807, 2.05) is 4.90 Å². The van der Waals surface area contributed by atoms with Crippen molar-refractivity contribution in [3.8, 4) is 0 Å². The fraction of sp³-hybridized carbons (Fsp3) is 0.400. The maximum atomic E-state index is 10.6. The van der Waals surface area contributed by atoms with E-state index in [4.69, 9.17) is 10.8 Å². The van der Waals surface area contributed by atoms with Gasteiger partial charge in [0.05, 0.1) is 11.3 Å². The summed E-state index contributed by atoms with van der Waals surface area (Å²) >= 11 is 0. The Hall–Kier alpha value is -2.38. The third kappa shape index (κ3) is 2.31. The van der Waals surface area contributed by atoms with Gasteiger partial charge in [-0.1, -0.05) is 0 Å². The summed E-state index contributed by atoms with van der Waals surface area (Å²) in [6.07, 6.45) is 0.124. The summed E-state index contributed by atoms with van der Waals surface area (Å²) < 4.78 is 0. The SMILES string of the molecule is Nc1nc(N2CC(CC(=O)O)C2)ccc1[N+](=O)[O-]. The number of rotatable bonds is 4. The third-order valence-corrected chi connectivity index (χ3v) is 2.83. The Morgan fingerprint density at radius 3 is 2.78 bits per heavy atom. The Balaban J connectivity index is 2.02. The molecule has 0 radical (unpaired) electrons. The van der Waals surface area contributed by atoms with E-state index < -0.39 is 10.9 Å². The minimum Gasteiger partial charge on any atom is -0.481 e. The number of hydrogen-bond acceptors (Lipinski definition) is 6. The highest BCUT2D eigenvalue weighted by molar-refractivity contribution is 5.68. The molecule has 0 atom stereocenters. The van der Waals surface area contributed by atoms with Crippen LogP contribution in [0, 0.1) is 16.0 Å². The first kappa shape index (κ1) is 12.1. The van der Waals surface area contributed by atoms with Crippen LogP contribution >= 0.6 is 0 Å². The van der Waals surface area contributed by atoms with E-state index in [1.165, 1.54) is 12.1 Å². The Morgan fingerprint density at radius 1 is 1.61 bits per heavy atom. The first-order valence-electron chi connectivity index (χ1n) is 5.35. The zero-order valence-electron chi connectivity index (χ0n) is 9.44. The molecule has 8 heteroatoms. The van der Waals surface area contributed by atoms with Crippen molar-refractivity contribution >= 4 is 23.3 Å². The van der Waals surface area contributed by atoms with Crippen molar-refractivity contribution in [3.63, 3.8) is 0 Å². The second kappa shape index (κ2) is 4.47. The minimum absolute atomic E-state index is 0.0979. The van der Waals surface area contributed by atoms with Crippen LogP contribution in [0.1, 0.15) is 6.42 Å². The smallest absolute Gasteiger partial charge is 0.311 e. The molecule has 1 fully saturated rings. The molecule has 1 aromatic heterocycles. The first-order chi connectivity index (χ1) is 8.47. The number of nitrogens with zero attached hydrogens (tertiary/aromatic N) is 3. The summed E-state index contributed by atoms with van der Waals surface area (Å²) in [6, 6.07) is 2.83.